The van der Waals surface area contributed by atoms with Crippen molar-refractivity contribution < 1.29 is 21.9 Å². The largest absolute Gasteiger partial charge is 0.382 e. The second kappa shape index (κ2) is 9.69. The van der Waals surface area contributed by atoms with Crippen molar-refractivity contribution in [1.82, 2.24) is 14.5 Å². The Kier molecular flexibility index (Phi) is 7.22. The van der Waals surface area contributed by atoms with E-state index in [9.17, 15) is 17.2 Å². The van der Waals surface area contributed by atoms with Crippen molar-refractivity contribution in [2.75, 3.05) is 18.1 Å². The lowest BCUT2D eigenvalue weighted by atomic mass is 10.2. The van der Waals surface area contributed by atoms with E-state index in [4.69, 9.17) is 10.5 Å². The smallest absolute Gasteiger partial charge is 0.181 e. The van der Waals surface area contributed by atoms with Crippen molar-refractivity contribution in [1.29, 1.82) is 0 Å². The standard InChI is InChI=1S/C21H26F2N4O3S/c1-3-30-13-18-26-19-20(14(2)12-25-21(19)24)27(18)9-5-4-6-10-31(28,29)17-8-7-15(22)11-16(17)23/h7-8,11-12H,3-6,9-10,13H2,1-2H3,(H2,24,25). The molecule has 0 spiro atoms. The first-order valence-electron chi connectivity index (χ1n) is 10.1. The Bertz CT molecular complexity index is 1180. The summed E-state index contributed by atoms with van der Waals surface area (Å²) in [7, 11) is -3.81. The summed E-state index contributed by atoms with van der Waals surface area (Å²) in [5.74, 6) is -0.989. The molecule has 0 radical (unpaired) electrons. The number of fused-ring (bicyclic) bond motifs is 1. The summed E-state index contributed by atoms with van der Waals surface area (Å²) in [5.41, 5.74) is 8.45. The van der Waals surface area contributed by atoms with Gasteiger partial charge in [0.15, 0.2) is 15.7 Å². The van der Waals surface area contributed by atoms with Crippen LogP contribution in [0.5, 0.6) is 0 Å². The second-order valence-electron chi connectivity index (χ2n) is 7.29. The Morgan fingerprint density at radius 2 is 1.97 bits per heavy atom. The number of pyridine rings is 1. The van der Waals surface area contributed by atoms with Crippen molar-refractivity contribution in [3.8, 4) is 0 Å². The molecule has 10 heteroatoms. The summed E-state index contributed by atoms with van der Waals surface area (Å²) in [6.45, 7) is 5.32. The highest BCUT2D eigenvalue weighted by Gasteiger charge is 2.20. The highest BCUT2D eigenvalue weighted by Crippen LogP contribution is 2.25. The fourth-order valence-electron chi connectivity index (χ4n) is 3.49. The van der Waals surface area contributed by atoms with Gasteiger partial charge in [0.05, 0.1) is 11.3 Å². The van der Waals surface area contributed by atoms with Gasteiger partial charge in [0.25, 0.3) is 0 Å². The molecule has 1 aromatic carbocycles. The van der Waals surface area contributed by atoms with Crippen LogP contribution in [0.3, 0.4) is 0 Å². The number of anilines is 1. The molecule has 0 saturated heterocycles. The monoisotopic (exact) mass is 452 g/mol. The van der Waals surface area contributed by atoms with Crippen LogP contribution in [0.15, 0.2) is 29.3 Å². The second-order valence-corrected chi connectivity index (χ2v) is 9.37. The molecule has 0 bridgehead atoms. The molecular formula is C21H26F2N4O3S. The van der Waals surface area contributed by atoms with Crippen molar-refractivity contribution in [3.63, 3.8) is 0 Å². The van der Waals surface area contributed by atoms with Crippen LogP contribution in [-0.2, 0) is 27.7 Å². The van der Waals surface area contributed by atoms with Crippen LogP contribution in [0.25, 0.3) is 11.0 Å². The number of unbranched alkanes of at least 4 members (excludes halogenated alkanes) is 2. The van der Waals surface area contributed by atoms with E-state index in [0.717, 1.165) is 29.0 Å². The van der Waals surface area contributed by atoms with E-state index < -0.39 is 26.4 Å². The fraction of sp³-hybridized carbons (Fsp3) is 0.429. The third kappa shape index (κ3) is 5.19. The van der Waals surface area contributed by atoms with Crippen LogP contribution in [0, 0.1) is 18.6 Å². The van der Waals surface area contributed by atoms with Gasteiger partial charge in [0.1, 0.15) is 34.5 Å². The highest BCUT2D eigenvalue weighted by atomic mass is 32.2. The molecular weight excluding hydrogens is 426 g/mol. The summed E-state index contributed by atoms with van der Waals surface area (Å²) < 4.78 is 59.1. The molecule has 0 saturated carbocycles. The van der Waals surface area contributed by atoms with Crippen LogP contribution < -0.4 is 5.73 Å². The van der Waals surface area contributed by atoms with Crippen molar-refractivity contribution >= 4 is 26.7 Å². The van der Waals surface area contributed by atoms with Crippen molar-refractivity contribution in [2.45, 2.75) is 51.2 Å². The number of nitrogens with two attached hydrogens (primary N) is 1. The maximum atomic E-state index is 13.8. The molecule has 3 rings (SSSR count). The number of aromatic nitrogens is 3. The summed E-state index contributed by atoms with van der Waals surface area (Å²) >= 11 is 0. The predicted octanol–water partition coefficient (Wildman–Crippen LogP) is 3.78. The van der Waals surface area contributed by atoms with Gasteiger partial charge >= 0.3 is 0 Å². The summed E-state index contributed by atoms with van der Waals surface area (Å²) in [4.78, 5) is 8.28. The van der Waals surface area contributed by atoms with Gasteiger partial charge < -0.3 is 15.0 Å². The molecule has 0 fully saturated rings. The minimum atomic E-state index is -3.81. The molecule has 0 amide bonds. The Hall–Kier alpha value is -2.59. The molecule has 168 valence electrons. The molecule has 0 aliphatic rings. The maximum absolute atomic E-state index is 13.8. The van der Waals surface area contributed by atoms with Crippen LogP contribution in [0.4, 0.5) is 14.6 Å². The van der Waals surface area contributed by atoms with E-state index in [-0.39, 0.29) is 5.75 Å². The van der Waals surface area contributed by atoms with Crippen LogP contribution in [0.1, 0.15) is 37.6 Å². The molecule has 0 unspecified atom stereocenters. The van der Waals surface area contributed by atoms with E-state index in [1.807, 2.05) is 18.4 Å². The quantitative estimate of drug-likeness (QED) is 0.371. The topological polar surface area (TPSA) is 100 Å². The average Bonchev–Trinajstić information content (AvgIpc) is 3.08. The van der Waals surface area contributed by atoms with Gasteiger partial charge in [-0.05, 0) is 44.4 Å². The van der Waals surface area contributed by atoms with Crippen LogP contribution in [0.2, 0.25) is 0 Å². The molecule has 0 aliphatic heterocycles. The lowest BCUT2D eigenvalue weighted by Crippen LogP contribution is -2.10. The van der Waals surface area contributed by atoms with E-state index in [2.05, 4.69) is 9.97 Å². The van der Waals surface area contributed by atoms with E-state index in [0.29, 0.717) is 56.4 Å². The van der Waals surface area contributed by atoms with Crippen molar-refractivity contribution in [2.24, 2.45) is 0 Å². The average molecular weight is 453 g/mol. The van der Waals surface area contributed by atoms with Crippen molar-refractivity contribution in [3.05, 3.63) is 47.4 Å². The van der Waals surface area contributed by atoms with Gasteiger partial charge in [0, 0.05) is 25.4 Å². The van der Waals surface area contributed by atoms with E-state index in [1.54, 1.807) is 6.20 Å². The van der Waals surface area contributed by atoms with E-state index in [1.165, 1.54) is 0 Å². The first-order valence-corrected chi connectivity index (χ1v) is 11.8. The van der Waals surface area contributed by atoms with Gasteiger partial charge in [-0.25, -0.2) is 27.2 Å². The SMILES string of the molecule is CCOCc1nc2c(N)ncc(C)c2n1CCCCCS(=O)(=O)c1ccc(F)cc1F. The Labute approximate surface area is 180 Å². The lowest BCUT2D eigenvalue weighted by molar-refractivity contribution is 0.126. The molecule has 7 nitrogen and oxygen atoms in total. The molecule has 2 aromatic heterocycles. The fourth-order valence-corrected chi connectivity index (χ4v) is 4.92. The van der Waals surface area contributed by atoms with Crippen LogP contribution in [-0.4, -0.2) is 35.3 Å². The zero-order valence-corrected chi connectivity index (χ0v) is 18.4. The third-order valence-corrected chi connectivity index (χ3v) is 6.85. The normalized spacial score (nSPS) is 12.0. The highest BCUT2D eigenvalue weighted by molar-refractivity contribution is 7.91. The number of sulfone groups is 1. The summed E-state index contributed by atoms with van der Waals surface area (Å²) in [5, 5.41) is 0. The zero-order chi connectivity index (χ0) is 22.6. The third-order valence-electron chi connectivity index (χ3n) is 5.02. The number of nitrogen functional groups attached to an aromatic ring is 1. The number of ether oxygens (including phenoxy) is 1. The molecule has 3 aromatic rings. The van der Waals surface area contributed by atoms with Gasteiger partial charge in [-0.15, -0.1) is 0 Å². The summed E-state index contributed by atoms with van der Waals surface area (Å²) in [6.07, 6.45) is 3.35. The number of hydrogen-bond donors (Lipinski definition) is 1. The first kappa shape index (κ1) is 23.1. The number of benzene rings is 1. The molecule has 0 aliphatic carbocycles. The molecule has 2 heterocycles. The van der Waals surface area contributed by atoms with Gasteiger partial charge in [-0.2, -0.15) is 0 Å². The Morgan fingerprint density at radius 1 is 1.19 bits per heavy atom. The number of rotatable bonds is 10. The maximum Gasteiger partial charge on any atom is 0.181 e. The molecule has 2 N–H and O–H groups in total. The van der Waals surface area contributed by atoms with Gasteiger partial charge in [-0.1, -0.05) is 6.42 Å². The Balaban J connectivity index is 1.67. The molecule has 31 heavy (non-hydrogen) atoms. The number of aryl methyl sites for hydroxylation is 2. The number of imidazole rings is 1. The minimum Gasteiger partial charge on any atom is -0.382 e. The zero-order valence-electron chi connectivity index (χ0n) is 17.6. The first-order chi connectivity index (χ1) is 14.7. The minimum absolute atomic E-state index is 0.206. The lowest BCUT2D eigenvalue weighted by Gasteiger charge is -2.11. The molecule has 0 atom stereocenters. The number of halogens is 2. The Morgan fingerprint density at radius 3 is 2.68 bits per heavy atom. The van der Waals surface area contributed by atoms with Gasteiger partial charge in [-0.3, -0.25) is 0 Å². The number of nitrogens with zero attached hydrogens (tertiary/aromatic N) is 3. The summed E-state index contributed by atoms with van der Waals surface area (Å²) in [6, 6.07) is 2.50. The predicted molar refractivity (Wildman–Crippen MR) is 114 cm³/mol. The van der Waals surface area contributed by atoms with Crippen LogP contribution >= 0.6 is 0 Å². The van der Waals surface area contributed by atoms with E-state index >= 15 is 0 Å². The van der Waals surface area contributed by atoms with Gasteiger partial charge in [0.2, 0.25) is 0 Å². The number of hydrogen-bond acceptors (Lipinski definition) is 6.